The molecule has 0 aliphatic heterocycles. The molecule has 0 saturated heterocycles. The number of amides is 1. The third-order valence-electron chi connectivity index (χ3n) is 1.63. The summed E-state index contributed by atoms with van der Waals surface area (Å²) in [6.45, 7) is 1.77. The van der Waals surface area contributed by atoms with Crippen molar-refractivity contribution in [1.29, 1.82) is 0 Å². The van der Waals surface area contributed by atoms with E-state index in [9.17, 15) is 4.79 Å². The number of allylic oxidation sites excluding steroid dienone is 1. The zero-order valence-electron chi connectivity index (χ0n) is 7.88. The number of rotatable bonds is 2. The molecule has 0 atom stereocenters. The topological polar surface area (TPSA) is 20.3 Å². The summed E-state index contributed by atoms with van der Waals surface area (Å²) in [4.78, 5) is 11.5. The van der Waals surface area contributed by atoms with Gasteiger partial charge >= 0.3 is 0 Å². The van der Waals surface area contributed by atoms with Crippen molar-refractivity contribution in [3.63, 3.8) is 0 Å². The normalized spacial score (nSPS) is 10.7. The predicted molar refractivity (Wildman–Crippen MR) is 67.7 cm³/mol. The Hall–Kier alpha value is -0.510. The van der Waals surface area contributed by atoms with Crippen LogP contribution in [0.5, 0.6) is 0 Å². The maximum absolute atomic E-state index is 11.5. The Kier molecular flexibility index (Phi) is 4.64. The molecule has 1 aromatic rings. The molecule has 0 heterocycles. The number of halogens is 3. The lowest BCUT2D eigenvalue weighted by Crippen LogP contribution is -2.16. The molecule has 0 unspecified atom stereocenters. The summed E-state index contributed by atoms with van der Waals surface area (Å²) in [5.41, 5.74) is 0.632. The van der Waals surface area contributed by atoms with Crippen LogP contribution >= 0.6 is 39.3 Å². The Morgan fingerprint density at radius 2 is 2.07 bits per heavy atom. The highest BCUT2D eigenvalue weighted by molar-refractivity contribution is 9.10. The molecule has 0 saturated carbocycles. The summed E-state index contributed by atoms with van der Waals surface area (Å²) >= 11 is 14.7. The minimum atomic E-state index is -0.184. The molecule has 1 aromatic carbocycles. The van der Waals surface area contributed by atoms with E-state index in [2.05, 4.69) is 16.1 Å². The van der Waals surface area contributed by atoms with Gasteiger partial charge in [0, 0.05) is 6.08 Å². The fourth-order valence-corrected chi connectivity index (χ4v) is 1.57. The number of carbonyl (C=O) groups excluding carboxylic acids is 1. The third-order valence-corrected chi connectivity index (χ3v) is 3.13. The van der Waals surface area contributed by atoms with E-state index in [1.807, 2.05) is 0 Å². The second-order valence-electron chi connectivity index (χ2n) is 2.72. The van der Waals surface area contributed by atoms with Crippen molar-refractivity contribution < 1.29 is 4.79 Å². The van der Waals surface area contributed by atoms with Crippen LogP contribution in [0.4, 0.5) is 5.69 Å². The van der Waals surface area contributed by atoms with Crippen LogP contribution in [0, 0.1) is 0 Å². The van der Waals surface area contributed by atoms with Crippen molar-refractivity contribution in [2.24, 2.45) is 0 Å². The molecule has 15 heavy (non-hydrogen) atoms. The molecule has 0 aliphatic carbocycles. The maximum atomic E-state index is 11.5. The molecule has 0 bridgehead atoms. The van der Waals surface area contributed by atoms with E-state index >= 15 is 0 Å². The van der Waals surface area contributed by atoms with Gasteiger partial charge in [0.2, 0.25) is 0 Å². The van der Waals surface area contributed by atoms with E-state index in [4.69, 9.17) is 23.2 Å². The van der Waals surface area contributed by atoms with Gasteiger partial charge in [-0.1, -0.05) is 29.3 Å². The minimum Gasteiger partial charge on any atom is -0.268 e. The average Bonchev–Trinajstić information content (AvgIpc) is 2.21. The van der Waals surface area contributed by atoms with Crippen LogP contribution in [-0.2, 0) is 4.79 Å². The highest BCUT2D eigenvalue weighted by atomic mass is 79.9. The Bertz CT molecular complexity index is 406. The van der Waals surface area contributed by atoms with Gasteiger partial charge in [0.25, 0.3) is 5.91 Å². The first-order valence-electron chi connectivity index (χ1n) is 4.14. The Morgan fingerprint density at radius 1 is 1.40 bits per heavy atom. The molecule has 0 N–H and O–H groups in total. The molecule has 0 aromatic heterocycles. The van der Waals surface area contributed by atoms with Gasteiger partial charge in [-0.25, -0.2) is 3.93 Å². The fourth-order valence-electron chi connectivity index (χ4n) is 0.942. The summed E-state index contributed by atoms with van der Waals surface area (Å²) in [6, 6.07) is 4.95. The zero-order valence-corrected chi connectivity index (χ0v) is 11.0. The summed E-state index contributed by atoms with van der Waals surface area (Å²) < 4.78 is 1.31. The minimum absolute atomic E-state index is 0.184. The maximum Gasteiger partial charge on any atom is 0.260 e. The van der Waals surface area contributed by atoms with Gasteiger partial charge in [-0.05, 0) is 25.1 Å². The van der Waals surface area contributed by atoms with E-state index in [-0.39, 0.29) is 5.91 Å². The lowest BCUT2D eigenvalue weighted by atomic mass is 10.3. The Balaban J connectivity index is 2.96. The highest BCUT2D eigenvalue weighted by Gasteiger charge is 2.10. The van der Waals surface area contributed by atoms with Crippen molar-refractivity contribution in [3.8, 4) is 0 Å². The first-order valence-corrected chi connectivity index (χ1v) is 5.60. The Morgan fingerprint density at radius 3 is 2.60 bits per heavy atom. The summed E-state index contributed by atoms with van der Waals surface area (Å²) in [5.74, 6) is -0.184. The molecule has 1 rings (SSSR count). The average molecular weight is 309 g/mol. The van der Waals surface area contributed by atoms with Crippen LogP contribution in [0.1, 0.15) is 6.92 Å². The van der Waals surface area contributed by atoms with Gasteiger partial charge in [0.15, 0.2) is 0 Å². The quantitative estimate of drug-likeness (QED) is 0.592. The van der Waals surface area contributed by atoms with E-state index in [1.54, 1.807) is 31.2 Å². The number of anilines is 1. The van der Waals surface area contributed by atoms with Gasteiger partial charge in [-0.2, -0.15) is 0 Å². The van der Waals surface area contributed by atoms with Gasteiger partial charge in [-0.3, -0.25) is 4.79 Å². The SMILES string of the molecule is CC=CC(=O)N(Br)c1ccc(Cl)c(Cl)c1. The second kappa shape index (κ2) is 5.54. The molecule has 0 radical (unpaired) electrons. The predicted octanol–water partition coefficient (Wildman–Crippen LogP) is 4.21. The van der Waals surface area contributed by atoms with Crippen LogP contribution in [0.15, 0.2) is 30.4 Å². The second-order valence-corrected chi connectivity index (χ2v) is 4.24. The van der Waals surface area contributed by atoms with Crippen LogP contribution < -0.4 is 3.93 Å². The van der Waals surface area contributed by atoms with Crippen molar-refractivity contribution in [2.75, 3.05) is 3.93 Å². The van der Waals surface area contributed by atoms with Gasteiger partial charge < -0.3 is 0 Å². The lowest BCUT2D eigenvalue weighted by Gasteiger charge is -2.12. The molecule has 5 heteroatoms. The zero-order chi connectivity index (χ0) is 11.4. The molecule has 0 fully saturated rings. The smallest absolute Gasteiger partial charge is 0.260 e. The van der Waals surface area contributed by atoms with E-state index < -0.39 is 0 Å². The number of benzene rings is 1. The first kappa shape index (κ1) is 12.6. The molecule has 80 valence electrons. The third kappa shape index (κ3) is 3.23. The fraction of sp³-hybridized carbons (Fsp3) is 0.100. The molecular weight excluding hydrogens is 301 g/mol. The number of carbonyl (C=O) groups is 1. The first-order chi connectivity index (χ1) is 7.06. The Labute approximate surface area is 107 Å². The summed E-state index contributed by atoms with van der Waals surface area (Å²) in [6.07, 6.45) is 3.10. The van der Waals surface area contributed by atoms with Gasteiger partial charge in [0.05, 0.1) is 31.9 Å². The largest absolute Gasteiger partial charge is 0.268 e. The molecular formula is C10H8BrCl2NO. The van der Waals surface area contributed by atoms with Crippen LogP contribution in [-0.4, -0.2) is 5.91 Å². The number of hydrogen-bond donors (Lipinski definition) is 0. The van der Waals surface area contributed by atoms with Crippen molar-refractivity contribution in [2.45, 2.75) is 6.92 Å². The van der Waals surface area contributed by atoms with Gasteiger partial charge in [-0.15, -0.1) is 0 Å². The van der Waals surface area contributed by atoms with Gasteiger partial charge in [0.1, 0.15) is 0 Å². The number of nitrogens with zero attached hydrogens (tertiary/aromatic N) is 1. The molecule has 0 spiro atoms. The summed E-state index contributed by atoms with van der Waals surface area (Å²) in [7, 11) is 0. The molecule has 1 amide bonds. The lowest BCUT2D eigenvalue weighted by molar-refractivity contribution is -0.112. The molecule has 2 nitrogen and oxygen atoms in total. The van der Waals surface area contributed by atoms with Crippen molar-refractivity contribution >= 4 is 50.9 Å². The monoisotopic (exact) mass is 307 g/mol. The van der Waals surface area contributed by atoms with E-state index in [0.717, 1.165) is 0 Å². The number of hydrogen-bond acceptors (Lipinski definition) is 1. The van der Waals surface area contributed by atoms with E-state index in [1.165, 1.54) is 10.0 Å². The van der Waals surface area contributed by atoms with E-state index in [0.29, 0.717) is 15.7 Å². The van der Waals surface area contributed by atoms with Crippen LogP contribution in [0.2, 0.25) is 10.0 Å². The van der Waals surface area contributed by atoms with Crippen molar-refractivity contribution in [1.82, 2.24) is 0 Å². The van der Waals surface area contributed by atoms with Crippen molar-refractivity contribution in [3.05, 3.63) is 40.4 Å². The molecule has 0 aliphatic rings. The summed E-state index contributed by atoms with van der Waals surface area (Å²) in [5, 5.41) is 0.867. The van der Waals surface area contributed by atoms with Crippen LogP contribution in [0.25, 0.3) is 0 Å². The standard InChI is InChI=1S/C10H8BrCl2NO/c1-2-3-10(15)14(11)7-4-5-8(12)9(13)6-7/h2-6H,1H3. The van der Waals surface area contributed by atoms with Crippen LogP contribution in [0.3, 0.4) is 0 Å². The highest BCUT2D eigenvalue weighted by Crippen LogP contribution is 2.28.